The Labute approximate surface area is 304 Å². The number of oxazole rings is 1. The molecule has 8 aromatic rings. The van der Waals surface area contributed by atoms with Crippen LogP contribution in [0.25, 0.3) is 55.9 Å². The van der Waals surface area contributed by atoms with E-state index in [2.05, 4.69) is 166 Å². The molecule has 0 aliphatic heterocycles. The van der Waals surface area contributed by atoms with Crippen LogP contribution >= 0.6 is 0 Å². The van der Waals surface area contributed by atoms with Crippen LogP contribution in [0.1, 0.15) is 49.9 Å². The maximum atomic E-state index is 6.34. The SMILES string of the molecule is CC1(C)c2ccccc2-c2cc(N(c3cccc(-c4ccccc4)c3)c3ccc4c(c3)C(C)(C)c3cccc(-c5nc6ccccc6o5)c3-4)ccc21. The van der Waals surface area contributed by atoms with E-state index in [-0.39, 0.29) is 10.8 Å². The molecule has 0 unspecified atom stereocenters. The molecule has 3 heteroatoms. The molecule has 1 aromatic heterocycles. The molecule has 2 aliphatic rings. The molecule has 0 amide bonds. The average Bonchev–Trinajstić information content (AvgIpc) is 3.79. The Balaban J connectivity index is 1.16. The highest BCUT2D eigenvalue weighted by Gasteiger charge is 2.39. The molecule has 52 heavy (non-hydrogen) atoms. The third-order valence-electron chi connectivity index (χ3n) is 11.5. The van der Waals surface area contributed by atoms with E-state index < -0.39 is 0 Å². The molecule has 7 aromatic carbocycles. The van der Waals surface area contributed by atoms with Gasteiger partial charge in [-0.05, 0) is 110 Å². The Morgan fingerprint density at radius 2 is 1.08 bits per heavy atom. The van der Waals surface area contributed by atoms with E-state index >= 15 is 0 Å². The Morgan fingerprint density at radius 3 is 1.94 bits per heavy atom. The molecule has 0 saturated heterocycles. The van der Waals surface area contributed by atoms with Crippen LogP contribution in [-0.4, -0.2) is 4.98 Å². The van der Waals surface area contributed by atoms with Crippen molar-refractivity contribution in [3.05, 3.63) is 180 Å². The maximum Gasteiger partial charge on any atom is 0.227 e. The fourth-order valence-corrected chi connectivity index (χ4v) is 8.83. The van der Waals surface area contributed by atoms with Gasteiger partial charge >= 0.3 is 0 Å². The number of aromatic nitrogens is 1. The molecule has 0 N–H and O–H groups in total. The summed E-state index contributed by atoms with van der Waals surface area (Å²) in [4.78, 5) is 7.35. The van der Waals surface area contributed by atoms with Gasteiger partial charge in [0.1, 0.15) is 5.52 Å². The van der Waals surface area contributed by atoms with E-state index in [4.69, 9.17) is 9.40 Å². The van der Waals surface area contributed by atoms with E-state index in [0.717, 1.165) is 33.7 Å². The van der Waals surface area contributed by atoms with Crippen molar-refractivity contribution in [1.29, 1.82) is 0 Å². The van der Waals surface area contributed by atoms with E-state index in [9.17, 15) is 0 Å². The van der Waals surface area contributed by atoms with Crippen molar-refractivity contribution < 1.29 is 4.42 Å². The van der Waals surface area contributed by atoms with Crippen molar-refractivity contribution in [1.82, 2.24) is 4.98 Å². The highest BCUT2D eigenvalue weighted by atomic mass is 16.3. The minimum atomic E-state index is -0.235. The van der Waals surface area contributed by atoms with Crippen molar-refractivity contribution in [2.75, 3.05) is 4.90 Å². The van der Waals surface area contributed by atoms with Gasteiger partial charge in [-0.25, -0.2) is 4.98 Å². The van der Waals surface area contributed by atoms with Crippen LogP contribution in [0, 0.1) is 0 Å². The van der Waals surface area contributed by atoms with Crippen LogP contribution in [0.5, 0.6) is 0 Å². The average molecular weight is 671 g/mol. The van der Waals surface area contributed by atoms with Crippen LogP contribution in [-0.2, 0) is 10.8 Å². The lowest BCUT2D eigenvalue weighted by Gasteiger charge is -2.29. The van der Waals surface area contributed by atoms with Gasteiger partial charge in [0.25, 0.3) is 0 Å². The molecule has 0 bridgehead atoms. The summed E-state index contributed by atoms with van der Waals surface area (Å²) in [7, 11) is 0. The van der Waals surface area contributed by atoms with Gasteiger partial charge in [-0.3, -0.25) is 0 Å². The Hall–Kier alpha value is -6.19. The van der Waals surface area contributed by atoms with Crippen LogP contribution in [0.2, 0.25) is 0 Å². The lowest BCUT2D eigenvalue weighted by molar-refractivity contribution is 0.619. The van der Waals surface area contributed by atoms with Crippen molar-refractivity contribution in [2.45, 2.75) is 38.5 Å². The first kappa shape index (κ1) is 30.6. The molecular formula is C49H38N2O. The molecule has 1 heterocycles. The van der Waals surface area contributed by atoms with Crippen molar-refractivity contribution >= 4 is 28.2 Å². The standard InChI is InChI=1S/C49H38N2O/c1-48(2)40-20-9-8-18-36(40)39-29-34(25-27-41(39)48)51(33-17-12-16-32(28-33)31-14-6-5-7-15-31)35-24-26-37-43(30-35)49(3,4)42-21-13-19-38(46(37)42)47-50-44-22-10-11-23-45(44)52-47/h5-30H,1-4H3. The number of hydrogen-bond acceptors (Lipinski definition) is 3. The third kappa shape index (κ3) is 4.48. The molecule has 0 spiro atoms. The second-order valence-electron chi connectivity index (χ2n) is 15.2. The lowest BCUT2D eigenvalue weighted by Crippen LogP contribution is -2.17. The number of nitrogens with zero attached hydrogens (tertiary/aromatic N) is 2. The fourth-order valence-electron chi connectivity index (χ4n) is 8.83. The number of anilines is 3. The number of fused-ring (bicyclic) bond motifs is 7. The summed E-state index contributed by atoms with van der Waals surface area (Å²) in [6.07, 6.45) is 0. The van der Waals surface area contributed by atoms with Gasteiger partial charge in [-0.2, -0.15) is 0 Å². The first-order chi connectivity index (χ1) is 25.3. The zero-order valence-corrected chi connectivity index (χ0v) is 29.8. The van der Waals surface area contributed by atoms with Crippen molar-refractivity contribution in [3.63, 3.8) is 0 Å². The molecule has 0 saturated carbocycles. The number of rotatable bonds is 5. The molecular weight excluding hydrogens is 633 g/mol. The topological polar surface area (TPSA) is 29.3 Å². The van der Waals surface area contributed by atoms with Crippen LogP contribution in [0.4, 0.5) is 17.1 Å². The highest BCUT2D eigenvalue weighted by molar-refractivity contribution is 5.94. The minimum Gasteiger partial charge on any atom is -0.436 e. The first-order valence-corrected chi connectivity index (χ1v) is 18.1. The molecule has 2 aliphatic carbocycles. The number of hydrogen-bond donors (Lipinski definition) is 0. The van der Waals surface area contributed by atoms with Crippen LogP contribution < -0.4 is 4.90 Å². The summed E-state index contributed by atoms with van der Waals surface area (Å²) >= 11 is 0. The quantitative estimate of drug-likeness (QED) is 0.182. The van der Waals surface area contributed by atoms with E-state index in [1.54, 1.807) is 0 Å². The van der Waals surface area contributed by atoms with Gasteiger partial charge in [0.15, 0.2) is 5.58 Å². The predicted octanol–water partition coefficient (Wildman–Crippen LogP) is 13.2. The summed E-state index contributed by atoms with van der Waals surface area (Å²) < 4.78 is 6.34. The summed E-state index contributed by atoms with van der Waals surface area (Å²) in [5.41, 5.74) is 18.6. The van der Waals surface area contributed by atoms with E-state index in [1.807, 2.05) is 24.3 Å². The van der Waals surface area contributed by atoms with Gasteiger partial charge in [-0.1, -0.05) is 131 Å². The normalized spacial score (nSPS) is 14.5. The van der Waals surface area contributed by atoms with Crippen molar-refractivity contribution in [3.8, 4) is 44.8 Å². The Kier molecular flexibility index (Phi) is 6.57. The molecule has 0 fully saturated rings. The van der Waals surface area contributed by atoms with Gasteiger partial charge in [0, 0.05) is 33.5 Å². The summed E-state index contributed by atoms with van der Waals surface area (Å²) in [6, 6.07) is 57.1. The van der Waals surface area contributed by atoms with Gasteiger partial charge < -0.3 is 9.32 Å². The molecule has 3 nitrogen and oxygen atoms in total. The second-order valence-corrected chi connectivity index (χ2v) is 15.2. The summed E-state index contributed by atoms with van der Waals surface area (Å²) in [5.74, 6) is 0.659. The van der Waals surface area contributed by atoms with Crippen molar-refractivity contribution in [2.24, 2.45) is 0 Å². The smallest absolute Gasteiger partial charge is 0.227 e. The summed E-state index contributed by atoms with van der Waals surface area (Å²) in [6.45, 7) is 9.36. The molecule has 0 radical (unpaired) electrons. The van der Waals surface area contributed by atoms with E-state index in [1.165, 1.54) is 55.6 Å². The number of benzene rings is 7. The summed E-state index contributed by atoms with van der Waals surface area (Å²) in [5, 5.41) is 0. The van der Waals surface area contributed by atoms with Gasteiger partial charge in [-0.15, -0.1) is 0 Å². The minimum absolute atomic E-state index is 0.0573. The highest BCUT2D eigenvalue weighted by Crippen LogP contribution is 2.55. The Morgan fingerprint density at radius 1 is 0.442 bits per heavy atom. The monoisotopic (exact) mass is 670 g/mol. The van der Waals surface area contributed by atoms with Crippen LogP contribution in [0.15, 0.2) is 162 Å². The van der Waals surface area contributed by atoms with Gasteiger partial charge in [0.2, 0.25) is 5.89 Å². The lowest BCUT2D eigenvalue weighted by atomic mass is 9.82. The first-order valence-electron chi connectivity index (χ1n) is 18.1. The van der Waals surface area contributed by atoms with Gasteiger partial charge in [0.05, 0.1) is 0 Å². The Bertz CT molecular complexity index is 2660. The van der Waals surface area contributed by atoms with Crippen LogP contribution in [0.3, 0.4) is 0 Å². The fraction of sp³-hybridized carbons (Fsp3) is 0.122. The second kappa shape index (κ2) is 11.2. The molecule has 0 atom stereocenters. The largest absolute Gasteiger partial charge is 0.436 e. The zero-order valence-electron chi connectivity index (χ0n) is 29.8. The number of para-hydroxylation sites is 2. The maximum absolute atomic E-state index is 6.34. The van der Waals surface area contributed by atoms with E-state index in [0.29, 0.717) is 5.89 Å². The molecule has 250 valence electrons. The molecule has 10 rings (SSSR count). The third-order valence-corrected chi connectivity index (χ3v) is 11.5. The zero-order chi connectivity index (χ0) is 35.2. The predicted molar refractivity (Wildman–Crippen MR) is 215 cm³/mol.